The summed E-state index contributed by atoms with van der Waals surface area (Å²) in [5, 5.41) is 15.1. The molecule has 1 aliphatic heterocycles. The summed E-state index contributed by atoms with van der Waals surface area (Å²) in [5.41, 5.74) is 1.24. The van der Waals surface area contributed by atoms with Gasteiger partial charge >= 0.3 is 6.18 Å². The van der Waals surface area contributed by atoms with E-state index >= 15 is 0 Å². The number of aliphatic hydroxyl groups is 1. The normalized spacial score (nSPS) is 18.1. The van der Waals surface area contributed by atoms with E-state index in [0.717, 1.165) is 18.6 Å². The van der Waals surface area contributed by atoms with Gasteiger partial charge in [0.1, 0.15) is 11.7 Å². The van der Waals surface area contributed by atoms with E-state index in [-0.39, 0.29) is 36.5 Å². The molecule has 2 heterocycles. The number of carbonyl (C=O) groups is 2. The quantitative estimate of drug-likeness (QED) is 0.349. The number of carbonyl (C=O) groups excluding carboxylic acids is 2. The van der Waals surface area contributed by atoms with E-state index in [9.17, 15) is 27.9 Å². The maximum Gasteiger partial charge on any atom is 0.416 e. The summed E-state index contributed by atoms with van der Waals surface area (Å²) in [6, 6.07) is 11.5. The molecule has 1 atom stereocenters. The summed E-state index contributed by atoms with van der Waals surface area (Å²) in [5.74, 6) is -2.35. The van der Waals surface area contributed by atoms with Crippen molar-refractivity contribution in [2.75, 3.05) is 16.3 Å². The number of allylic oxidation sites excluding steroid dienone is 3. The van der Waals surface area contributed by atoms with E-state index in [2.05, 4.69) is 5.10 Å². The van der Waals surface area contributed by atoms with Crippen molar-refractivity contribution in [3.63, 3.8) is 0 Å². The molecule has 0 radical (unpaired) electrons. The van der Waals surface area contributed by atoms with Gasteiger partial charge in [-0.05, 0) is 55.7 Å². The Morgan fingerprint density at radius 3 is 2.42 bits per heavy atom. The predicted octanol–water partition coefficient (Wildman–Crippen LogP) is 6.65. The first-order valence-corrected chi connectivity index (χ1v) is 13.2. The molecule has 2 aromatic carbocycles. The minimum atomic E-state index is -4.64. The molecule has 5 rings (SSSR count). The standard InChI is InChI=1S/C30H29F3N4O3/c1-3-14-35-18-20(17-34-35)23-15-19(10-13-26(23)38)27-28(39)36(4-2)24-12-11-21(30(31,32)33)16-25(24)37(29(27)40)22-8-6-5-7-9-22/h5-9,11-12,15-18,27,38H,3-4,10,13-14H2,1-2H3. The Kier molecular flexibility index (Phi) is 7.27. The lowest BCUT2D eigenvalue weighted by Crippen LogP contribution is -2.42. The molecule has 0 saturated heterocycles. The Morgan fingerprint density at radius 2 is 1.75 bits per heavy atom. The second-order valence-electron chi connectivity index (χ2n) is 9.80. The van der Waals surface area contributed by atoms with Crippen LogP contribution >= 0.6 is 0 Å². The Labute approximate surface area is 229 Å². The molecule has 1 N–H and O–H groups in total. The van der Waals surface area contributed by atoms with Crippen LogP contribution in [0.3, 0.4) is 0 Å². The SMILES string of the molecule is CCCn1cc(C2=C(O)CCC(C3C(=O)N(CC)c4ccc(C(F)(F)F)cc4N(c4ccccc4)C3=O)=C2)cn1. The molecule has 1 unspecified atom stereocenters. The average Bonchev–Trinajstić information content (AvgIpc) is 3.36. The van der Waals surface area contributed by atoms with E-state index in [1.54, 1.807) is 60.4 Å². The van der Waals surface area contributed by atoms with Crippen LogP contribution in [0.15, 0.2) is 78.3 Å². The Morgan fingerprint density at radius 1 is 1.00 bits per heavy atom. The van der Waals surface area contributed by atoms with Crippen LogP contribution < -0.4 is 9.80 Å². The van der Waals surface area contributed by atoms with Crippen molar-refractivity contribution in [3.05, 3.63) is 89.5 Å². The topological polar surface area (TPSA) is 78.7 Å². The molecule has 3 aromatic rings. The van der Waals surface area contributed by atoms with Crippen molar-refractivity contribution in [1.29, 1.82) is 0 Å². The zero-order valence-corrected chi connectivity index (χ0v) is 22.2. The van der Waals surface area contributed by atoms with Crippen LogP contribution in [-0.4, -0.2) is 33.2 Å². The van der Waals surface area contributed by atoms with Crippen LogP contribution in [-0.2, 0) is 22.3 Å². The van der Waals surface area contributed by atoms with Gasteiger partial charge < -0.3 is 10.0 Å². The van der Waals surface area contributed by atoms with E-state index in [1.165, 1.54) is 15.9 Å². The molecule has 208 valence electrons. The molecule has 2 amide bonds. The Bertz CT molecular complexity index is 1510. The van der Waals surface area contributed by atoms with Crippen molar-refractivity contribution < 1.29 is 27.9 Å². The van der Waals surface area contributed by atoms with Gasteiger partial charge in [-0.15, -0.1) is 0 Å². The first kappa shape index (κ1) is 27.2. The van der Waals surface area contributed by atoms with E-state index < -0.39 is 29.5 Å². The minimum Gasteiger partial charge on any atom is -0.512 e. The Balaban J connectivity index is 1.67. The number of anilines is 3. The van der Waals surface area contributed by atoms with Crippen LogP contribution in [0, 0.1) is 5.92 Å². The number of hydrogen-bond donors (Lipinski definition) is 1. The molecule has 1 aromatic heterocycles. The second-order valence-corrected chi connectivity index (χ2v) is 9.80. The fourth-order valence-electron chi connectivity index (χ4n) is 5.29. The molecule has 10 heteroatoms. The number of aliphatic hydroxyl groups excluding tert-OH is 1. The van der Waals surface area contributed by atoms with Crippen molar-refractivity contribution >= 4 is 34.4 Å². The second kappa shape index (κ2) is 10.7. The van der Waals surface area contributed by atoms with Gasteiger partial charge in [0.25, 0.3) is 0 Å². The van der Waals surface area contributed by atoms with Crippen molar-refractivity contribution in [1.82, 2.24) is 9.78 Å². The average molecular weight is 551 g/mol. The van der Waals surface area contributed by atoms with Gasteiger partial charge in [-0.25, -0.2) is 0 Å². The summed E-state index contributed by atoms with van der Waals surface area (Å²) in [6.45, 7) is 4.58. The van der Waals surface area contributed by atoms with Crippen LogP contribution in [0.2, 0.25) is 0 Å². The monoisotopic (exact) mass is 550 g/mol. The highest BCUT2D eigenvalue weighted by Crippen LogP contribution is 2.45. The first-order chi connectivity index (χ1) is 19.1. The molecule has 0 fully saturated rings. The van der Waals surface area contributed by atoms with Crippen molar-refractivity contribution in [3.8, 4) is 0 Å². The molecule has 2 aliphatic rings. The van der Waals surface area contributed by atoms with Gasteiger partial charge in [0.05, 0.1) is 23.1 Å². The zero-order chi connectivity index (χ0) is 28.6. The largest absolute Gasteiger partial charge is 0.512 e. The predicted molar refractivity (Wildman–Crippen MR) is 146 cm³/mol. The lowest BCUT2D eigenvalue weighted by atomic mass is 9.85. The molecule has 0 saturated carbocycles. The van der Waals surface area contributed by atoms with Gasteiger partial charge in [-0.3, -0.25) is 19.2 Å². The van der Waals surface area contributed by atoms with Crippen LogP contribution in [0.5, 0.6) is 0 Å². The number of alkyl halides is 3. The maximum atomic E-state index is 14.3. The van der Waals surface area contributed by atoms with Gasteiger partial charge in [0.2, 0.25) is 11.8 Å². The van der Waals surface area contributed by atoms with Gasteiger partial charge in [0, 0.05) is 42.5 Å². The number of hydrogen-bond acceptors (Lipinski definition) is 4. The van der Waals surface area contributed by atoms with E-state index in [4.69, 9.17) is 0 Å². The molecule has 7 nitrogen and oxygen atoms in total. The summed E-state index contributed by atoms with van der Waals surface area (Å²) >= 11 is 0. The molecule has 1 aliphatic carbocycles. The molecular formula is C30H29F3N4O3. The smallest absolute Gasteiger partial charge is 0.416 e. The summed E-state index contributed by atoms with van der Waals surface area (Å²) in [4.78, 5) is 30.9. The number of amides is 2. The number of fused-ring (bicyclic) bond motifs is 1. The van der Waals surface area contributed by atoms with Crippen LogP contribution in [0.1, 0.15) is 44.2 Å². The highest BCUT2D eigenvalue weighted by Gasteiger charge is 2.44. The highest BCUT2D eigenvalue weighted by atomic mass is 19.4. The van der Waals surface area contributed by atoms with Crippen LogP contribution in [0.25, 0.3) is 5.57 Å². The molecule has 40 heavy (non-hydrogen) atoms. The van der Waals surface area contributed by atoms with Crippen LogP contribution in [0.4, 0.5) is 30.2 Å². The third-order valence-corrected chi connectivity index (χ3v) is 7.20. The number of rotatable bonds is 6. The summed E-state index contributed by atoms with van der Waals surface area (Å²) in [7, 11) is 0. The zero-order valence-electron chi connectivity index (χ0n) is 22.2. The first-order valence-electron chi connectivity index (χ1n) is 13.2. The number of aromatic nitrogens is 2. The highest BCUT2D eigenvalue weighted by molar-refractivity contribution is 6.21. The third kappa shape index (κ3) is 4.89. The molecular weight excluding hydrogens is 521 g/mol. The third-order valence-electron chi connectivity index (χ3n) is 7.20. The molecule has 0 spiro atoms. The van der Waals surface area contributed by atoms with Gasteiger partial charge in [-0.1, -0.05) is 31.2 Å². The summed E-state index contributed by atoms with van der Waals surface area (Å²) in [6.07, 6.45) is 1.76. The number of nitrogens with zero attached hydrogens (tertiary/aromatic N) is 4. The lowest BCUT2D eigenvalue weighted by Gasteiger charge is -2.27. The van der Waals surface area contributed by atoms with Crippen molar-refractivity contribution in [2.45, 2.75) is 45.8 Å². The van der Waals surface area contributed by atoms with Crippen molar-refractivity contribution in [2.24, 2.45) is 5.92 Å². The fourth-order valence-corrected chi connectivity index (χ4v) is 5.29. The lowest BCUT2D eigenvalue weighted by molar-refractivity contribution is -0.137. The number of benzene rings is 2. The molecule has 0 bridgehead atoms. The van der Waals surface area contributed by atoms with Gasteiger partial charge in [-0.2, -0.15) is 18.3 Å². The van der Waals surface area contributed by atoms with E-state index in [1.807, 2.05) is 6.92 Å². The number of para-hydroxylation sites is 1. The maximum absolute atomic E-state index is 14.3. The summed E-state index contributed by atoms with van der Waals surface area (Å²) < 4.78 is 43.1. The fraction of sp³-hybridized carbons (Fsp3) is 0.300. The van der Waals surface area contributed by atoms with E-state index in [0.29, 0.717) is 28.9 Å². The Hall–Kier alpha value is -4.34. The number of aryl methyl sites for hydroxylation is 1. The van der Waals surface area contributed by atoms with Gasteiger partial charge in [0.15, 0.2) is 0 Å². The minimum absolute atomic E-state index is 0.0143. The number of halogens is 3.